The Hall–Kier alpha value is -1.79. The number of rotatable bonds is 6. The number of hydrogen-bond acceptors (Lipinski definition) is 3. The molecule has 7 nitrogen and oxygen atoms in total. The maximum atomic E-state index is 12.3. The predicted molar refractivity (Wildman–Crippen MR) is 73.2 cm³/mol. The number of nitrogens with zero attached hydrogens (tertiary/aromatic N) is 1. The molecule has 0 heterocycles. The van der Waals surface area contributed by atoms with Crippen molar-refractivity contribution >= 4 is 17.9 Å². The van der Waals surface area contributed by atoms with Crippen molar-refractivity contribution in [2.75, 3.05) is 27.2 Å². The smallest absolute Gasteiger partial charge is 0.314 e. The molecule has 1 saturated carbocycles. The average molecular weight is 285 g/mol. The Morgan fingerprint density at radius 2 is 1.75 bits per heavy atom. The normalized spacial score (nSPS) is 16.5. The van der Waals surface area contributed by atoms with Crippen LogP contribution >= 0.6 is 0 Å². The molecule has 0 aromatic carbocycles. The van der Waals surface area contributed by atoms with Crippen LogP contribution in [0.2, 0.25) is 0 Å². The molecular formula is C13H23N3O4. The average Bonchev–Trinajstić information content (AvgIpc) is 2.85. The first-order valence-electron chi connectivity index (χ1n) is 6.83. The van der Waals surface area contributed by atoms with Crippen LogP contribution in [-0.4, -0.2) is 55.1 Å². The lowest BCUT2D eigenvalue weighted by molar-refractivity contribution is -0.139. The van der Waals surface area contributed by atoms with E-state index < -0.39 is 17.4 Å². The predicted octanol–water partition coefficient (Wildman–Crippen LogP) is 0.409. The van der Waals surface area contributed by atoms with Gasteiger partial charge in [-0.3, -0.25) is 9.59 Å². The second-order valence-corrected chi connectivity index (χ2v) is 5.44. The zero-order chi connectivity index (χ0) is 15.2. The highest BCUT2D eigenvalue weighted by atomic mass is 16.4. The number of urea groups is 1. The van der Waals surface area contributed by atoms with Gasteiger partial charge >= 0.3 is 12.0 Å². The Morgan fingerprint density at radius 1 is 1.15 bits per heavy atom. The van der Waals surface area contributed by atoms with Crippen LogP contribution in [0.15, 0.2) is 0 Å². The van der Waals surface area contributed by atoms with Gasteiger partial charge in [-0.25, -0.2) is 4.79 Å². The molecule has 0 spiro atoms. The molecule has 0 atom stereocenters. The first kappa shape index (κ1) is 16.3. The van der Waals surface area contributed by atoms with Crippen LogP contribution < -0.4 is 10.6 Å². The van der Waals surface area contributed by atoms with E-state index in [9.17, 15) is 14.4 Å². The summed E-state index contributed by atoms with van der Waals surface area (Å²) in [7, 11) is 3.44. The number of carboxylic acids is 1. The van der Waals surface area contributed by atoms with Crippen molar-refractivity contribution in [2.24, 2.45) is 5.41 Å². The molecular weight excluding hydrogens is 262 g/mol. The lowest BCUT2D eigenvalue weighted by atomic mass is 9.84. The largest absolute Gasteiger partial charge is 0.481 e. The van der Waals surface area contributed by atoms with Gasteiger partial charge < -0.3 is 20.6 Å². The van der Waals surface area contributed by atoms with Crippen LogP contribution in [0.1, 0.15) is 32.1 Å². The summed E-state index contributed by atoms with van der Waals surface area (Å²) in [6.45, 7) is 0.374. The molecule has 0 aromatic rings. The molecule has 20 heavy (non-hydrogen) atoms. The molecule has 3 N–H and O–H groups in total. The van der Waals surface area contributed by atoms with E-state index in [0.29, 0.717) is 6.54 Å². The van der Waals surface area contributed by atoms with Crippen LogP contribution in [0.4, 0.5) is 4.79 Å². The summed E-state index contributed by atoms with van der Waals surface area (Å²) in [5.74, 6) is -0.916. The highest BCUT2D eigenvalue weighted by molar-refractivity contribution is 5.84. The minimum absolute atomic E-state index is 0.0424. The van der Waals surface area contributed by atoms with Crippen molar-refractivity contribution in [1.82, 2.24) is 15.5 Å². The van der Waals surface area contributed by atoms with Gasteiger partial charge in [0.2, 0.25) is 5.91 Å². The Balaban J connectivity index is 2.45. The molecule has 1 rings (SSSR count). The van der Waals surface area contributed by atoms with Crippen molar-refractivity contribution in [3.8, 4) is 0 Å². The third-order valence-corrected chi connectivity index (χ3v) is 3.63. The van der Waals surface area contributed by atoms with Crippen LogP contribution in [-0.2, 0) is 9.59 Å². The SMILES string of the molecule is CN(C)C(=O)C1(CNC(=O)NCCC(=O)O)CCCC1. The highest BCUT2D eigenvalue weighted by Gasteiger charge is 2.42. The van der Waals surface area contributed by atoms with Crippen molar-refractivity contribution in [3.63, 3.8) is 0 Å². The van der Waals surface area contributed by atoms with Gasteiger partial charge in [-0.15, -0.1) is 0 Å². The van der Waals surface area contributed by atoms with Crippen LogP contribution in [0.5, 0.6) is 0 Å². The third-order valence-electron chi connectivity index (χ3n) is 3.63. The summed E-state index contributed by atoms with van der Waals surface area (Å²) in [4.78, 5) is 35.7. The molecule has 7 heteroatoms. The van der Waals surface area contributed by atoms with E-state index in [1.807, 2.05) is 0 Å². The minimum atomic E-state index is -0.958. The Bertz CT molecular complexity index is 376. The van der Waals surface area contributed by atoms with E-state index >= 15 is 0 Å². The van der Waals surface area contributed by atoms with Crippen LogP contribution in [0.3, 0.4) is 0 Å². The van der Waals surface area contributed by atoms with Crippen LogP contribution in [0.25, 0.3) is 0 Å². The molecule has 0 unspecified atom stereocenters. The van der Waals surface area contributed by atoms with E-state index in [1.54, 1.807) is 19.0 Å². The second kappa shape index (κ2) is 7.12. The lowest BCUT2D eigenvalue weighted by Gasteiger charge is -2.30. The van der Waals surface area contributed by atoms with Crippen molar-refractivity contribution in [1.29, 1.82) is 0 Å². The monoisotopic (exact) mass is 285 g/mol. The fourth-order valence-electron chi connectivity index (χ4n) is 2.59. The first-order chi connectivity index (χ1) is 9.37. The van der Waals surface area contributed by atoms with E-state index in [-0.39, 0.29) is 18.9 Å². The third kappa shape index (κ3) is 4.40. The number of hydrogen-bond donors (Lipinski definition) is 3. The van der Waals surface area contributed by atoms with Gasteiger partial charge in [0.25, 0.3) is 0 Å². The standard InChI is InChI=1S/C13H23N3O4/c1-16(2)11(19)13(6-3-4-7-13)9-15-12(20)14-8-5-10(17)18/h3-9H2,1-2H3,(H,17,18)(H2,14,15,20). The quantitative estimate of drug-likeness (QED) is 0.658. The van der Waals surface area contributed by atoms with E-state index in [2.05, 4.69) is 10.6 Å². The number of nitrogens with one attached hydrogen (secondary N) is 2. The zero-order valence-corrected chi connectivity index (χ0v) is 12.1. The van der Waals surface area contributed by atoms with Gasteiger partial charge in [0.1, 0.15) is 0 Å². The molecule has 0 saturated heterocycles. The van der Waals surface area contributed by atoms with Gasteiger partial charge in [0, 0.05) is 27.2 Å². The highest BCUT2D eigenvalue weighted by Crippen LogP contribution is 2.38. The zero-order valence-electron chi connectivity index (χ0n) is 12.1. The number of carbonyl (C=O) groups is 3. The fraction of sp³-hybridized carbons (Fsp3) is 0.769. The first-order valence-corrected chi connectivity index (χ1v) is 6.83. The summed E-state index contributed by atoms with van der Waals surface area (Å²) in [6.07, 6.45) is 3.41. The fourth-order valence-corrected chi connectivity index (χ4v) is 2.59. The van der Waals surface area contributed by atoms with Crippen molar-refractivity contribution < 1.29 is 19.5 Å². The van der Waals surface area contributed by atoms with E-state index in [4.69, 9.17) is 5.11 Å². The Kier molecular flexibility index (Phi) is 5.79. The maximum Gasteiger partial charge on any atom is 0.314 e. The number of carbonyl (C=O) groups excluding carboxylic acids is 2. The second-order valence-electron chi connectivity index (χ2n) is 5.44. The molecule has 0 bridgehead atoms. The molecule has 0 aliphatic heterocycles. The Morgan fingerprint density at radius 3 is 2.25 bits per heavy atom. The van der Waals surface area contributed by atoms with Crippen LogP contribution in [0, 0.1) is 5.41 Å². The van der Waals surface area contributed by atoms with Gasteiger partial charge in [0.05, 0.1) is 11.8 Å². The molecule has 0 radical (unpaired) electrons. The topological polar surface area (TPSA) is 98.7 Å². The molecule has 114 valence electrons. The number of carboxylic acid groups (broad SMARTS) is 1. The summed E-state index contributed by atoms with van der Waals surface area (Å²) in [6, 6.07) is -0.427. The number of aliphatic carboxylic acids is 1. The summed E-state index contributed by atoms with van der Waals surface area (Å²) < 4.78 is 0. The number of amides is 3. The molecule has 3 amide bonds. The van der Waals surface area contributed by atoms with Crippen molar-refractivity contribution in [2.45, 2.75) is 32.1 Å². The summed E-state index contributed by atoms with van der Waals surface area (Å²) >= 11 is 0. The molecule has 1 fully saturated rings. The molecule has 0 aromatic heterocycles. The minimum Gasteiger partial charge on any atom is -0.481 e. The molecule has 1 aliphatic carbocycles. The van der Waals surface area contributed by atoms with Gasteiger partial charge in [-0.05, 0) is 12.8 Å². The van der Waals surface area contributed by atoms with Gasteiger partial charge in [-0.2, -0.15) is 0 Å². The Labute approximate surface area is 118 Å². The van der Waals surface area contributed by atoms with E-state index in [1.165, 1.54) is 0 Å². The maximum absolute atomic E-state index is 12.3. The summed E-state index contributed by atoms with van der Waals surface area (Å²) in [5, 5.41) is 13.6. The molecule has 1 aliphatic rings. The van der Waals surface area contributed by atoms with Gasteiger partial charge in [0.15, 0.2) is 0 Å². The van der Waals surface area contributed by atoms with Gasteiger partial charge in [-0.1, -0.05) is 12.8 Å². The van der Waals surface area contributed by atoms with Crippen molar-refractivity contribution in [3.05, 3.63) is 0 Å². The lowest BCUT2D eigenvalue weighted by Crippen LogP contribution is -2.48. The summed E-state index contributed by atoms with van der Waals surface area (Å²) in [5.41, 5.74) is -0.506. The van der Waals surface area contributed by atoms with E-state index in [0.717, 1.165) is 25.7 Å².